The van der Waals surface area contributed by atoms with Gasteiger partial charge in [-0.05, 0) is 45.4 Å². The summed E-state index contributed by atoms with van der Waals surface area (Å²) >= 11 is 0. The van der Waals surface area contributed by atoms with Gasteiger partial charge in [-0.1, -0.05) is 12.1 Å². The number of ether oxygens (including phenoxy) is 1. The molecular formula is C14H18F3NO2. The highest BCUT2D eigenvalue weighted by Crippen LogP contribution is 2.29. The number of carbonyl (C=O) groups excluding carboxylic acids is 1. The molecule has 1 unspecified atom stereocenters. The van der Waals surface area contributed by atoms with Gasteiger partial charge in [-0.15, -0.1) is 0 Å². The van der Waals surface area contributed by atoms with Gasteiger partial charge in [-0.3, -0.25) is 0 Å². The lowest BCUT2D eigenvalue weighted by Crippen LogP contribution is -2.34. The van der Waals surface area contributed by atoms with E-state index >= 15 is 0 Å². The van der Waals surface area contributed by atoms with Crippen LogP contribution in [0.1, 0.15) is 44.9 Å². The van der Waals surface area contributed by atoms with Crippen molar-refractivity contribution in [1.29, 1.82) is 0 Å². The molecular weight excluding hydrogens is 271 g/mol. The van der Waals surface area contributed by atoms with E-state index in [1.807, 2.05) is 0 Å². The van der Waals surface area contributed by atoms with Gasteiger partial charge >= 0.3 is 12.3 Å². The summed E-state index contributed by atoms with van der Waals surface area (Å²) in [6.07, 6.45) is -4.97. The molecule has 0 aliphatic heterocycles. The summed E-state index contributed by atoms with van der Waals surface area (Å²) in [5.74, 6) is 0. The van der Waals surface area contributed by atoms with Crippen LogP contribution >= 0.6 is 0 Å². The molecule has 0 bridgehead atoms. The molecule has 1 atom stereocenters. The van der Waals surface area contributed by atoms with Crippen molar-refractivity contribution in [3.05, 3.63) is 35.4 Å². The second-order valence-electron chi connectivity index (χ2n) is 5.49. The zero-order valence-corrected chi connectivity index (χ0v) is 11.8. The number of hydrogen-bond acceptors (Lipinski definition) is 2. The van der Waals surface area contributed by atoms with Crippen molar-refractivity contribution in [2.45, 2.75) is 45.5 Å². The SMILES string of the molecule is CC(NC(=O)OC(C)(C)C)c1ccc(C(F)(F)F)cc1. The van der Waals surface area contributed by atoms with Crippen LogP contribution in [-0.4, -0.2) is 11.7 Å². The Bertz CT molecular complexity index is 461. The third-order valence-electron chi connectivity index (χ3n) is 2.47. The normalized spacial score (nSPS) is 13.8. The molecule has 20 heavy (non-hydrogen) atoms. The standard InChI is InChI=1S/C14H18F3NO2/c1-9(18-12(19)20-13(2,3)4)10-5-7-11(8-6-10)14(15,16)17/h5-9H,1-4H3,(H,18,19). The number of hydrogen-bond donors (Lipinski definition) is 1. The molecule has 1 rings (SSSR count). The van der Waals surface area contributed by atoms with E-state index in [9.17, 15) is 18.0 Å². The second-order valence-corrected chi connectivity index (χ2v) is 5.49. The molecule has 1 aromatic carbocycles. The molecule has 6 heteroatoms. The highest BCUT2D eigenvalue weighted by molar-refractivity contribution is 5.68. The third-order valence-corrected chi connectivity index (χ3v) is 2.47. The maximum absolute atomic E-state index is 12.4. The van der Waals surface area contributed by atoms with Crippen molar-refractivity contribution < 1.29 is 22.7 Å². The summed E-state index contributed by atoms with van der Waals surface area (Å²) in [4.78, 5) is 11.6. The van der Waals surface area contributed by atoms with Crippen LogP contribution in [0, 0.1) is 0 Å². The lowest BCUT2D eigenvalue weighted by Gasteiger charge is -2.22. The van der Waals surface area contributed by atoms with Gasteiger partial charge in [0.15, 0.2) is 0 Å². The van der Waals surface area contributed by atoms with Crippen LogP contribution in [0.5, 0.6) is 0 Å². The summed E-state index contributed by atoms with van der Waals surface area (Å²) in [5.41, 5.74) is -0.765. The molecule has 0 aliphatic carbocycles. The van der Waals surface area contributed by atoms with Crippen LogP contribution in [0.3, 0.4) is 0 Å². The first-order valence-electron chi connectivity index (χ1n) is 6.16. The summed E-state index contributed by atoms with van der Waals surface area (Å²) in [6, 6.07) is 4.22. The molecule has 0 saturated heterocycles. The van der Waals surface area contributed by atoms with Gasteiger partial charge in [-0.25, -0.2) is 4.79 Å². The number of alkyl halides is 3. The lowest BCUT2D eigenvalue weighted by atomic mass is 10.1. The van der Waals surface area contributed by atoms with Crippen molar-refractivity contribution in [3.8, 4) is 0 Å². The molecule has 0 saturated carbocycles. The summed E-state index contributed by atoms with van der Waals surface area (Å²) < 4.78 is 42.4. The van der Waals surface area contributed by atoms with E-state index in [1.165, 1.54) is 12.1 Å². The summed E-state index contributed by atoms with van der Waals surface area (Å²) in [5, 5.41) is 2.57. The minimum absolute atomic E-state index is 0.438. The first-order valence-corrected chi connectivity index (χ1v) is 6.16. The zero-order chi connectivity index (χ0) is 15.6. The molecule has 0 aliphatic rings. The number of nitrogens with one attached hydrogen (secondary N) is 1. The Balaban J connectivity index is 2.69. The number of carbonyl (C=O) groups is 1. The van der Waals surface area contributed by atoms with Gasteiger partial charge in [0.05, 0.1) is 11.6 Å². The van der Waals surface area contributed by atoms with E-state index in [2.05, 4.69) is 5.32 Å². The fourth-order valence-electron chi connectivity index (χ4n) is 1.53. The van der Waals surface area contributed by atoms with Crippen LogP contribution in [-0.2, 0) is 10.9 Å². The van der Waals surface area contributed by atoms with E-state index in [0.717, 1.165) is 12.1 Å². The molecule has 0 heterocycles. The van der Waals surface area contributed by atoms with Gasteiger partial charge in [0.25, 0.3) is 0 Å². The van der Waals surface area contributed by atoms with Gasteiger partial charge in [0, 0.05) is 0 Å². The fraction of sp³-hybridized carbons (Fsp3) is 0.500. The quantitative estimate of drug-likeness (QED) is 0.882. The zero-order valence-electron chi connectivity index (χ0n) is 11.8. The number of benzene rings is 1. The van der Waals surface area contributed by atoms with E-state index in [1.54, 1.807) is 27.7 Å². The van der Waals surface area contributed by atoms with Crippen molar-refractivity contribution in [3.63, 3.8) is 0 Å². The Labute approximate surface area is 116 Å². The number of amides is 1. The van der Waals surface area contributed by atoms with Gasteiger partial charge in [-0.2, -0.15) is 13.2 Å². The molecule has 3 nitrogen and oxygen atoms in total. The summed E-state index contributed by atoms with van der Waals surface area (Å²) in [7, 11) is 0. The minimum Gasteiger partial charge on any atom is -0.444 e. The molecule has 1 aromatic rings. The van der Waals surface area contributed by atoms with Crippen molar-refractivity contribution in [2.75, 3.05) is 0 Å². The van der Waals surface area contributed by atoms with Crippen molar-refractivity contribution in [1.82, 2.24) is 5.32 Å². The second kappa shape index (κ2) is 5.73. The van der Waals surface area contributed by atoms with Crippen molar-refractivity contribution >= 4 is 6.09 Å². The van der Waals surface area contributed by atoms with E-state index in [0.29, 0.717) is 5.56 Å². The minimum atomic E-state index is -4.36. The van der Waals surface area contributed by atoms with Gasteiger partial charge in [0.1, 0.15) is 5.60 Å². The number of alkyl carbamates (subject to hydrolysis) is 1. The third kappa shape index (κ3) is 5.11. The predicted octanol–water partition coefficient (Wildman–Crippen LogP) is 4.29. The average Bonchev–Trinajstić information content (AvgIpc) is 2.25. The maximum atomic E-state index is 12.4. The average molecular weight is 289 g/mol. The largest absolute Gasteiger partial charge is 0.444 e. The smallest absolute Gasteiger partial charge is 0.416 e. The Morgan fingerprint density at radius 1 is 1.15 bits per heavy atom. The molecule has 0 radical (unpaired) electrons. The van der Waals surface area contributed by atoms with E-state index in [4.69, 9.17) is 4.74 Å². The first kappa shape index (κ1) is 16.3. The van der Waals surface area contributed by atoms with Crippen LogP contribution in [0.15, 0.2) is 24.3 Å². The topological polar surface area (TPSA) is 38.3 Å². The Morgan fingerprint density at radius 3 is 2.05 bits per heavy atom. The molecule has 0 spiro atoms. The van der Waals surface area contributed by atoms with E-state index in [-0.39, 0.29) is 0 Å². The van der Waals surface area contributed by atoms with E-state index < -0.39 is 29.5 Å². The monoisotopic (exact) mass is 289 g/mol. The summed E-state index contributed by atoms with van der Waals surface area (Å²) in [6.45, 7) is 6.87. The predicted molar refractivity (Wildman–Crippen MR) is 69.2 cm³/mol. The first-order chi connectivity index (χ1) is 8.99. The maximum Gasteiger partial charge on any atom is 0.416 e. The van der Waals surface area contributed by atoms with Crippen LogP contribution in [0.25, 0.3) is 0 Å². The number of rotatable bonds is 2. The Hall–Kier alpha value is -1.72. The van der Waals surface area contributed by atoms with Gasteiger partial charge < -0.3 is 10.1 Å². The van der Waals surface area contributed by atoms with Crippen LogP contribution in [0.2, 0.25) is 0 Å². The Kier molecular flexibility index (Phi) is 4.68. The van der Waals surface area contributed by atoms with Crippen LogP contribution < -0.4 is 5.32 Å². The van der Waals surface area contributed by atoms with Crippen molar-refractivity contribution in [2.24, 2.45) is 0 Å². The lowest BCUT2D eigenvalue weighted by molar-refractivity contribution is -0.137. The Morgan fingerprint density at radius 2 is 1.65 bits per heavy atom. The highest BCUT2D eigenvalue weighted by Gasteiger charge is 2.30. The van der Waals surface area contributed by atoms with Gasteiger partial charge in [0.2, 0.25) is 0 Å². The molecule has 1 amide bonds. The molecule has 0 fully saturated rings. The molecule has 1 N–H and O–H groups in total. The fourth-order valence-corrected chi connectivity index (χ4v) is 1.53. The highest BCUT2D eigenvalue weighted by atomic mass is 19.4. The molecule has 0 aromatic heterocycles. The number of halogens is 3. The van der Waals surface area contributed by atoms with Crippen LogP contribution in [0.4, 0.5) is 18.0 Å². The molecule has 112 valence electrons.